The van der Waals surface area contributed by atoms with Crippen molar-refractivity contribution in [2.45, 2.75) is 24.5 Å². The van der Waals surface area contributed by atoms with E-state index in [1.807, 2.05) is 50.2 Å². The van der Waals surface area contributed by atoms with Crippen molar-refractivity contribution in [2.75, 3.05) is 5.73 Å². The Morgan fingerprint density at radius 1 is 1.19 bits per heavy atom. The number of nitrogens with zero attached hydrogens (tertiary/aromatic N) is 1. The number of nitrogens with one attached hydrogen (secondary N) is 1. The second-order valence-corrected chi connectivity index (χ2v) is 6.64. The van der Waals surface area contributed by atoms with Crippen molar-refractivity contribution in [3.63, 3.8) is 0 Å². The molecule has 0 spiro atoms. The van der Waals surface area contributed by atoms with Gasteiger partial charge >= 0.3 is 0 Å². The zero-order valence-corrected chi connectivity index (χ0v) is 12.8. The van der Waals surface area contributed by atoms with Crippen LogP contribution < -0.4 is 5.73 Å². The molecular weight excluding hydrogens is 282 g/mol. The number of hydrogen-bond acceptors (Lipinski definition) is 3. The van der Waals surface area contributed by atoms with Crippen molar-refractivity contribution < 1.29 is 4.21 Å². The van der Waals surface area contributed by atoms with Crippen molar-refractivity contribution in [1.29, 1.82) is 0 Å². The van der Waals surface area contributed by atoms with E-state index in [0.29, 0.717) is 11.4 Å². The van der Waals surface area contributed by atoms with Crippen molar-refractivity contribution in [1.82, 2.24) is 9.97 Å². The van der Waals surface area contributed by atoms with E-state index in [4.69, 9.17) is 5.73 Å². The maximum atomic E-state index is 12.6. The molecule has 3 rings (SSSR count). The van der Waals surface area contributed by atoms with E-state index in [1.54, 1.807) is 0 Å². The largest absolute Gasteiger partial charge is 0.399 e. The van der Waals surface area contributed by atoms with Gasteiger partial charge in [-0.2, -0.15) is 0 Å². The number of rotatable bonds is 3. The zero-order valence-electron chi connectivity index (χ0n) is 12.0. The third kappa shape index (κ3) is 2.83. The summed E-state index contributed by atoms with van der Waals surface area (Å²) in [5, 5.41) is 0. The molecule has 1 heterocycles. The van der Waals surface area contributed by atoms with Crippen LogP contribution in [0.2, 0.25) is 0 Å². The highest BCUT2D eigenvalue weighted by Crippen LogP contribution is 2.20. The number of aromatic nitrogens is 2. The maximum Gasteiger partial charge on any atom is 0.120 e. The van der Waals surface area contributed by atoms with Gasteiger partial charge in [-0.15, -0.1) is 0 Å². The van der Waals surface area contributed by atoms with Crippen LogP contribution in [-0.2, 0) is 16.6 Å². The summed E-state index contributed by atoms with van der Waals surface area (Å²) in [5.41, 5.74) is 10.3. The summed E-state index contributed by atoms with van der Waals surface area (Å²) in [6.07, 6.45) is 0. The molecule has 2 aromatic carbocycles. The van der Waals surface area contributed by atoms with Crippen LogP contribution in [0.1, 0.15) is 17.0 Å². The molecule has 0 aliphatic carbocycles. The molecular formula is C16H17N3OS. The fourth-order valence-corrected chi connectivity index (χ4v) is 3.59. The third-order valence-corrected chi connectivity index (χ3v) is 4.88. The highest BCUT2D eigenvalue weighted by molar-refractivity contribution is 7.84. The SMILES string of the molecule is Cc1ccc(C)c(S(=O)Cc2nc3ccc(N)cc3[nH]2)c1. The minimum atomic E-state index is -1.11. The summed E-state index contributed by atoms with van der Waals surface area (Å²) in [6.45, 7) is 3.98. The molecule has 3 aromatic rings. The Morgan fingerprint density at radius 2 is 2.00 bits per heavy atom. The standard InChI is InChI=1S/C16H17N3OS/c1-10-3-4-11(2)15(7-10)21(20)9-16-18-13-6-5-12(17)8-14(13)19-16/h3-8H,9,17H2,1-2H3,(H,18,19). The zero-order chi connectivity index (χ0) is 15.0. The fourth-order valence-electron chi connectivity index (χ4n) is 2.30. The quantitative estimate of drug-likeness (QED) is 0.730. The van der Waals surface area contributed by atoms with E-state index in [1.165, 1.54) is 0 Å². The van der Waals surface area contributed by atoms with Crippen molar-refractivity contribution in [3.05, 3.63) is 53.3 Å². The molecule has 21 heavy (non-hydrogen) atoms. The number of aryl methyl sites for hydroxylation is 2. The average molecular weight is 299 g/mol. The highest BCUT2D eigenvalue weighted by atomic mass is 32.2. The minimum Gasteiger partial charge on any atom is -0.399 e. The van der Waals surface area contributed by atoms with Gasteiger partial charge in [-0.1, -0.05) is 12.1 Å². The molecule has 0 bridgehead atoms. The summed E-state index contributed by atoms with van der Waals surface area (Å²) < 4.78 is 12.6. The van der Waals surface area contributed by atoms with E-state index in [2.05, 4.69) is 9.97 Å². The molecule has 5 heteroatoms. The van der Waals surface area contributed by atoms with E-state index in [9.17, 15) is 4.21 Å². The first-order valence-electron chi connectivity index (χ1n) is 6.72. The van der Waals surface area contributed by atoms with Gasteiger partial charge in [0.05, 0.1) is 27.6 Å². The van der Waals surface area contributed by atoms with Gasteiger partial charge < -0.3 is 10.7 Å². The van der Waals surface area contributed by atoms with Crippen LogP contribution in [0.3, 0.4) is 0 Å². The van der Waals surface area contributed by atoms with E-state index in [-0.39, 0.29) is 0 Å². The second kappa shape index (κ2) is 5.33. The molecule has 0 saturated heterocycles. The first kappa shape index (κ1) is 13.8. The van der Waals surface area contributed by atoms with Crippen LogP contribution in [0.25, 0.3) is 11.0 Å². The fraction of sp³-hybridized carbons (Fsp3) is 0.188. The Morgan fingerprint density at radius 3 is 2.81 bits per heavy atom. The number of nitrogens with two attached hydrogens (primary N) is 1. The number of imidazole rings is 1. The van der Waals surface area contributed by atoms with Crippen LogP contribution in [0.5, 0.6) is 0 Å². The van der Waals surface area contributed by atoms with Crippen LogP contribution in [0.4, 0.5) is 5.69 Å². The number of aromatic amines is 1. The molecule has 3 N–H and O–H groups in total. The normalized spacial score (nSPS) is 12.7. The van der Waals surface area contributed by atoms with Crippen LogP contribution in [0, 0.1) is 13.8 Å². The first-order valence-corrected chi connectivity index (χ1v) is 8.04. The maximum absolute atomic E-state index is 12.6. The number of benzene rings is 2. The van der Waals surface area contributed by atoms with Crippen molar-refractivity contribution in [2.24, 2.45) is 0 Å². The molecule has 1 atom stereocenters. The molecule has 0 aliphatic rings. The Hall–Kier alpha value is -2.14. The molecule has 108 valence electrons. The summed E-state index contributed by atoms with van der Waals surface area (Å²) in [7, 11) is -1.11. The molecule has 0 fully saturated rings. The summed E-state index contributed by atoms with van der Waals surface area (Å²) in [4.78, 5) is 8.52. The Bertz CT molecular complexity index is 839. The van der Waals surface area contributed by atoms with Crippen LogP contribution in [0.15, 0.2) is 41.3 Å². The van der Waals surface area contributed by atoms with Gasteiger partial charge in [0.1, 0.15) is 5.82 Å². The Balaban J connectivity index is 1.90. The molecule has 0 radical (unpaired) electrons. The van der Waals surface area contributed by atoms with Gasteiger partial charge in [-0.25, -0.2) is 4.98 Å². The molecule has 0 aliphatic heterocycles. The molecule has 1 aromatic heterocycles. The van der Waals surface area contributed by atoms with Crippen LogP contribution in [-0.4, -0.2) is 14.2 Å². The van der Waals surface area contributed by atoms with E-state index in [0.717, 1.165) is 32.9 Å². The number of nitrogen functional groups attached to an aromatic ring is 1. The third-order valence-electron chi connectivity index (χ3n) is 3.41. The first-order chi connectivity index (χ1) is 10.0. The summed E-state index contributed by atoms with van der Waals surface area (Å²) >= 11 is 0. The predicted octanol–water partition coefficient (Wildman–Crippen LogP) is 3.07. The van der Waals surface area contributed by atoms with Gasteiger partial charge in [-0.05, 0) is 49.2 Å². The highest BCUT2D eigenvalue weighted by Gasteiger charge is 2.11. The van der Waals surface area contributed by atoms with Crippen molar-refractivity contribution in [3.8, 4) is 0 Å². The number of anilines is 1. The van der Waals surface area contributed by atoms with E-state index < -0.39 is 10.8 Å². The topological polar surface area (TPSA) is 71.8 Å². The second-order valence-electron chi connectivity index (χ2n) is 5.22. The lowest BCUT2D eigenvalue weighted by Crippen LogP contribution is -2.00. The Kier molecular flexibility index (Phi) is 3.51. The predicted molar refractivity (Wildman–Crippen MR) is 86.5 cm³/mol. The van der Waals surface area contributed by atoms with Crippen LogP contribution >= 0.6 is 0 Å². The molecule has 0 saturated carbocycles. The Labute approximate surface area is 125 Å². The lowest BCUT2D eigenvalue weighted by molar-refractivity contribution is 0.681. The number of H-pyrrole nitrogens is 1. The number of fused-ring (bicyclic) bond motifs is 1. The van der Waals surface area contributed by atoms with Gasteiger partial charge in [0.15, 0.2) is 0 Å². The lowest BCUT2D eigenvalue weighted by atomic mass is 10.2. The van der Waals surface area contributed by atoms with Gasteiger partial charge in [0.25, 0.3) is 0 Å². The monoisotopic (exact) mass is 299 g/mol. The summed E-state index contributed by atoms with van der Waals surface area (Å²) in [6, 6.07) is 11.5. The molecule has 4 nitrogen and oxygen atoms in total. The van der Waals surface area contributed by atoms with Gasteiger partial charge in [0, 0.05) is 10.6 Å². The summed E-state index contributed by atoms with van der Waals surface area (Å²) in [5.74, 6) is 1.09. The van der Waals surface area contributed by atoms with E-state index >= 15 is 0 Å². The van der Waals surface area contributed by atoms with Gasteiger partial charge in [0.2, 0.25) is 0 Å². The molecule has 1 unspecified atom stereocenters. The average Bonchev–Trinajstić information content (AvgIpc) is 2.82. The number of hydrogen-bond donors (Lipinski definition) is 2. The smallest absolute Gasteiger partial charge is 0.120 e. The molecule has 0 amide bonds. The lowest BCUT2D eigenvalue weighted by Gasteiger charge is -2.05. The minimum absolute atomic E-state index is 0.374. The van der Waals surface area contributed by atoms with Crippen molar-refractivity contribution >= 4 is 27.5 Å². The van der Waals surface area contributed by atoms with Gasteiger partial charge in [-0.3, -0.25) is 4.21 Å².